The molecule has 0 unspecified atom stereocenters. The number of carbonyl (C=O) groups is 1. The maximum atomic E-state index is 12.3. The number of nitrogens with zero attached hydrogens (tertiary/aromatic N) is 6. The summed E-state index contributed by atoms with van der Waals surface area (Å²) in [6, 6.07) is 16.2. The van der Waals surface area contributed by atoms with Gasteiger partial charge in [-0.3, -0.25) is 9.78 Å². The Morgan fingerprint density at radius 3 is 2.47 bits per heavy atom. The van der Waals surface area contributed by atoms with E-state index in [2.05, 4.69) is 16.2 Å². The van der Waals surface area contributed by atoms with Crippen LogP contribution in [0.3, 0.4) is 0 Å². The van der Waals surface area contributed by atoms with Crippen molar-refractivity contribution >= 4 is 17.4 Å². The molecule has 36 heavy (non-hydrogen) atoms. The molecule has 3 aromatic heterocycles. The van der Waals surface area contributed by atoms with Crippen LogP contribution in [0.25, 0.3) is 28.0 Å². The third-order valence-electron chi connectivity index (χ3n) is 7.51. The van der Waals surface area contributed by atoms with E-state index >= 15 is 0 Å². The maximum absolute atomic E-state index is 12.3. The number of pyridine rings is 1. The van der Waals surface area contributed by atoms with Crippen LogP contribution in [0, 0.1) is 11.3 Å². The SMILES string of the molecule is N#Cc1c([C@H]2C[C@H]3CC[C@@H](C2)N3C(=O)CO)nc2c(-c3ccc(-c4ccccc4)nc3)cnn2c1N. The van der Waals surface area contributed by atoms with Gasteiger partial charge in [0, 0.05) is 40.9 Å². The first-order chi connectivity index (χ1) is 17.6. The highest BCUT2D eigenvalue weighted by atomic mass is 16.3. The van der Waals surface area contributed by atoms with Crippen molar-refractivity contribution in [1.29, 1.82) is 5.26 Å². The van der Waals surface area contributed by atoms with E-state index in [9.17, 15) is 15.2 Å². The first kappa shape index (κ1) is 22.2. The van der Waals surface area contributed by atoms with Crippen molar-refractivity contribution in [3.05, 3.63) is 66.1 Å². The number of amides is 1. The lowest BCUT2D eigenvalue weighted by atomic mass is 9.86. The number of anilines is 1. The van der Waals surface area contributed by atoms with Crippen LogP contribution in [0.15, 0.2) is 54.9 Å². The molecular formula is C27H25N7O2. The Kier molecular flexibility index (Phi) is 5.38. The van der Waals surface area contributed by atoms with Crippen LogP contribution in [0.5, 0.6) is 0 Å². The molecule has 3 N–H and O–H groups in total. The Morgan fingerprint density at radius 1 is 1.08 bits per heavy atom. The number of aliphatic hydroxyl groups is 1. The number of benzene rings is 1. The van der Waals surface area contributed by atoms with Gasteiger partial charge < -0.3 is 15.7 Å². The first-order valence-electron chi connectivity index (χ1n) is 12.1. The molecule has 6 rings (SSSR count). The molecule has 5 heterocycles. The molecule has 9 heteroatoms. The fourth-order valence-corrected chi connectivity index (χ4v) is 5.87. The highest BCUT2D eigenvalue weighted by molar-refractivity contribution is 5.80. The second-order valence-electron chi connectivity index (χ2n) is 9.47. The summed E-state index contributed by atoms with van der Waals surface area (Å²) in [6.45, 7) is -0.478. The monoisotopic (exact) mass is 479 g/mol. The fraction of sp³-hybridized carbons (Fsp3) is 0.296. The fourth-order valence-electron chi connectivity index (χ4n) is 5.87. The van der Waals surface area contributed by atoms with E-state index in [1.54, 1.807) is 12.4 Å². The molecule has 2 aliphatic heterocycles. The predicted molar refractivity (Wildman–Crippen MR) is 133 cm³/mol. The van der Waals surface area contributed by atoms with Gasteiger partial charge in [-0.25, -0.2) is 4.98 Å². The average molecular weight is 480 g/mol. The summed E-state index contributed by atoms with van der Waals surface area (Å²) < 4.78 is 1.52. The van der Waals surface area contributed by atoms with Gasteiger partial charge >= 0.3 is 0 Å². The van der Waals surface area contributed by atoms with E-state index < -0.39 is 6.61 Å². The van der Waals surface area contributed by atoms with Crippen molar-refractivity contribution in [2.75, 3.05) is 12.3 Å². The van der Waals surface area contributed by atoms with Gasteiger partial charge in [-0.05, 0) is 31.7 Å². The molecule has 0 saturated carbocycles. The van der Waals surface area contributed by atoms with E-state index in [1.807, 2.05) is 47.4 Å². The molecule has 2 saturated heterocycles. The molecule has 1 aromatic carbocycles. The number of aromatic nitrogens is 4. The number of hydrogen-bond donors (Lipinski definition) is 2. The summed E-state index contributed by atoms with van der Waals surface area (Å²) in [5.41, 5.74) is 11.6. The minimum absolute atomic E-state index is 0.00600. The molecule has 3 atom stereocenters. The van der Waals surface area contributed by atoms with Crippen LogP contribution in [-0.4, -0.2) is 54.2 Å². The minimum atomic E-state index is -0.478. The third kappa shape index (κ3) is 3.49. The van der Waals surface area contributed by atoms with E-state index in [1.165, 1.54) is 4.52 Å². The van der Waals surface area contributed by atoms with Gasteiger partial charge in [0.2, 0.25) is 5.91 Å². The Balaban J connectivity index is 1.39. The van der Waals surface area contributed by atoms with Crippen LogP contribution in [0.4, 0.5) is 5.82 Å². The number of rotatable bonds is 4. The summed E-state index contributed by atoms with van der Waals surface area (Å²) in [4.78, 5) is 23.7. The van der Waals surface area contributed by atoms with E-state index in [0.717, 1.165) is 35.2 Å². The van der Waals surface area contributed by atoms with Gasteiger partial charge in [-0.2, -0.15) is 14.9 Å². The summed E-state index contributed by atoms with van der Waals surface area (Å²) in [6.07, 6.45) is 6.67. The highest BCUT2D eigenvalue weighted by Gasteiger charge is 2.44. The first-order valence-corrected chi connectivity index (χ1v) is 12.1. The molecule has 180 valence electrons. The third-order valence-corrected chi connectivity index (χ3v) is 7.51. The van der Waals surface area contributed by atoms with Crippen molar-refractivity contribution in [3.63, 3.8) is 0 Å². The maximum Gasteiger partial charge on any atom is 0.248 e. The average Bonchev–Trinajstić information content (AvgIpc) is 3.47. The van der Waals surface area contributed by atoms with Crippen molar-refractivity contribution in [3.8, 4) is 28.5 Å². The quantitative estimate of drug-likeness (QED) is 0.459. The summed E-state index contributed by atoms with van der Waals surface area (Å²) in [5.74, 6) is 0.0289. The van der Waals surface area contributed by atoms with Crippen LogP contribution < -0.4 is 5.73 Å². The van der Waals surface area contributed by atoms with E-state index in [-0.39, 0.29) is 29.7 Å². The van der Waals surface area contributed by atoms with Crippen LogP contribution in [-0.2, 0) is 4.79 Å². The zero-order valence-electron chi connectivity index (χ0n) is 19.6. The summed E-state index contributed by atoms with van der Waals surface area (Å²) in [7, 11) is 0. The lowest BCUT2D eigenvalue weighted by Crippen LogP contribution is -2.47. The van der Waals surface area contributed by atoms with Crippen molar-refractivity contribution in [2.45, 2.75) is 43.7 Å². The van der Waals surface area contributed by atoms with Gasteiger partial charge in [0.1, 0.15) is 24.1 Å². The molecule has 2 bridgehead atoms. The molecule has 4 aromatic rings. The number of piperidine rings is 1. The highest BCUT2D eigenvalue weighted by Crippen LogP contribution is 2.44. The van der Waals surface area contributed by atoms with Gasteiger partial charge in [-0.15, -0.1) is 0 Å². The molecule has 0 spiro atoms. The van der Waals surface area contributed by atoms with Gasteiger partial charge in [0.05, 0.1) is 17.6 Å². The minimum Gasteiger partial charge on any atom is -0.387 e. The molecule has 2 aliphatic rings. The predicted octanol–water partition coefficient (Wildman–Crippen LogP) is 3.14. The molecular weight excluding hydrogens is 454 g/mol. The lowest BCUT2D eigenvalue weighted by molar-refractivity contribution is -0.138. The standard InChI is InChI=1S/C27H25N7O2/c28-12-21-25(18-10-19-7-8-20(11-18)33(19)24(36)15-35)32-27-22(14-31-34(27)26(21)29)17-6-9-23(30-13-17)16-4-2-1-3-5-16/h1-6,9,13-14,18-20,35H,7-8,10-11,15,29H2/t18-,19+,20-. The van der Waals surface area contributed by atoms with Crippen molar-refractivity contribution in [1.82, 2.24) is 24.5 Å². The summed E-state index contributed by atoms with van der Waals surface area (Å²) in [5, 5.41) is 23.8. The topological polar surface area (TPSA) is 133 Å². The second kappa shape index (κ2) is 8.73. The Labute approximate surface area is 207 Å². The number of nitrogen functional groups attached to an aromatic ring is 1. The summed E-state index contributed by atoms with van der Waals surface area (Å²) >= 11 is 0. The molecule has 1 amide bonds. The number of nitrogens with two attached hydrogens (primary N) is 1. The van der Waals surface area contributed by atoms with E-state index in [0.29, 0.717) is 29.7 Å². The lowest BCUT2D eigenvalue weighted by Gasteiger charge is -2.38. The molecule has 0 aliphatic carbocycles. The van der Waals surface area contributed by atoms with E-state index in [4.69, 9.17) is 10.7 Å². The largest absolute Gasteiger partial charge is 0.387 e. The second-order valence-corrected chi connectivity index (χ2v) is 9.47. The Bertz CT molecular complexity index is 1480. The smallest absolute Gasteiger partial charge is 0.248 e. The normalized spacial score (nSPS) is 21.0. The number of fused-ring (bicyclic) bond motifs is 3. The van der Waals surface area contributed by atoms with Crippen molar-refractivity contribution in [2.24, 2.45) is 0 Å². The Morgan fingerprint density at radius 2 is 1.83 bits per heavy atom. The van der Waals surface area contributed by atoms with Gasteiger partial charge in [0.25, 0.3) is 0 Å². The number of nitriles is 1. The number of hydrogen-bond acceptors (Lipinski definition) is 7. The van der Waals surface area contributed by atoms with Crippen molar-refractivity contribution < 1.29 is 9.90 Å². The zero-order chi connectivity index (χ0) is 24.8. The Hall–Kier alpha value is -4.29. The van der Waals surface area contributed by atoms with Crippen LogP contribution >= 0.6 is 0 Å². The molecule has 9 nitrogen and oxygen atoms in total. The number of carbonyl (C=O) groups excluding carboxylic acids is 1. The zero-order valence-corrected chi connectivity index (χ0v) is 19.6. The van der Waals surface area contributed by atoms with Crippen LogP contribution in [0.1, 0.15) is 42.9 Å². The molecule has 2 fully saturated rings. The van der Waals surface area contributed by atoms with Crippen LogP contribution in [0.2, 0.25) is 0 Å². The van der Waals surface area contributed by atoms with Gasteiger partial charge in [-0.1, -0.05) is 36.4 Å². The van der Waals surface area contributed by atoms with Gasteiger partial charge in [0.15, 0.2) is 5.65 Å². The molecule has 0 radical (unpaired) electrons. The number of aliphatic hydroxyl groups excluding tert-OH is 1.